The molecule has 0 aromatic heterocycles. The molecule has 1 aliphatic rings. The van der Waals surface area contributed by atoms with Crippen molar-refractivity contribution in [1.29, 1.82) is 5.26 Å². The molecule has 46 valence electrons. The van der Waals surface area contributed by atoms with Crippen LogP contribution < -0.4 is 0 Å². The van der Waals surface area contributed by atoms with Crippen molar-refractivity contribution in [2.75, 3.05) is 13.2 Å². The maximum atomic E-state index is 7.32. The molecule has 1 fully saturated rings. The molecular weight excluding hydrogens is 124 g/mol. The summed E-state index contributed by atoms with van der Waals surface area (Å²) >= 11 is 0. The number of nitriles is 1. The van der Waals surface area contributed by atoms with E-state index < -0.39 is 0 Å². The van der Waals surface area contributed by atoms with Crippen LogP contribution in [0.5, 0.6) is 0 Å². The Balaban J connectivity index is 0. The molecule has 0 N–H and O–H groups in total. The molecule has 2 nitrogen and oxygen atoms in total. The fraction of sp³-hybridized carbons (Fsp3) is 0.800. The summed E-state index contributed by atoms with van der Waals surface area (Å²) < 4.78 is 4.94. The van der Waals surface area contributed by atoms with Gasteiger partial charge in [-0.05, 0) is 18.8 Å². The molecule has 0 aromatic carbocycles. The predicted molar refractivity (Wildman–Crippen MR) is 41.4 cm³/mol. The van der Waals surface area contributed by atoms with E-state index in [9.17, 15) is 0 Å². The predicted octanol–water partition coefficient (Wildman–Crippen LogP) is -0.751. The van der Waals surface area contributed by atoms with E-state index in [0.717, 1.165) is 13.2 Å². The fourth-order valence-corrected chi connectivity index (χ4v) is 0.510. The van der Waals surface area contributed by atoms with Gasteiger partial charge in [0.2, 0.25) is 7.85 Å². The first-order valence-corrected chi connectivity index (χ1v) is 2.80. The van der Waals surface area contributed by atoms with Crippen LogP contribution in [-0.2, 0) is 4.74 Å². The number of rotatable bonds is 0. The Morgan fingerprint density at radius 1 is 1.33 bits per heavy atom. The van der Waals surface area contributed by atoms with E-state index in [1.54, 1.807) is 5.97 Å². The van der Waals surface area contributed by atoms with Crippen molar-refractivity contribution in [3.05, 3.63) is 0 Å². The minimum absolute atomic E-state index is 0. The van der Waals surface area contributed by atoms with Crippen molar-refractivity contribution in [3.63, 3.8) is 0 Å². The minimum atomic E-state index is 0. The van der Waals surface area contributed by atoms with E-state index in [1.165, 1.54) is 20.7 Å². The standard InChI is InChI=1S/C4H8O.CH2BN.Na.H/c1-2-4-5-3-1;2-1-3;;/h1-4H2;2H2;;. The Kier molecular flexibility index (Phi) is 15.4. The van der Waals surface area contributed by atoms with Gasteiger partial charge in [0.1, 0.15) is 0 Å². The molecule has 4 heteroatoms. The quantitative estimate of drug-likeness (QED) is 0.409. The van der Waals surface area contributed by atoms with Gasteiger partial charge in [-0.25, -0.2) is 5.26 Å². The monoisotopic (exact) mass is 135 g/mol. The second kappa shape index (κ2) is 11.3. The Bertz CT molecular complexity index is 71.9. The van der Waals surface area contributed by atoms with Gasteiger partial charge in [-0.15, -0.1) is 0 Å². The van der Waals surface area contributed by atoms with Crippen LogP contribution in [0.2, 0.25) is 0 Å². The van der Waals surface area contributed by atoms with Crippen molar-refractivity contribution in [1.82, 2.24) is 0 Å². The number of ether oxygens (including phenoxy) is 1. The Labute approximate surface area is 79.3 Å². The van der Waals surface area contributed by atoms with Crippen molar-refractivity contribution in [2.45, 2.75) is 12.8 Å². The summed E-state index contributed by atoms with van der Waals surface area (Å²) in [5.74, 6) is 1.75. The van der Waals surface area contributed by atoms with Crippen molar-refractivity contribution < 1.29 is 4.74 Å². The zero-order valence-electron chi connectivity index (χ0n) is 5.18. The summed E-state index contributed by atoms with van der Waals surface area (Å²) in [5.41, 5.74) is 0. The summed E-state index contributed by atoms with van der Waals surface area (Å²) in [6.45, 7) is 2.00. The van der Waals surface area contributed by atoms with E-state index >= 15 is 0 Å². The van der Waals surface area contributed by atoms with Crippen LogP contribution in [0.4, 0.5) is 0 Å². The van der Waals surface area contributed by atoms with E-state index in [0.29, 0.717) is 0 Å². The van der Waals surface area contributed by atoms with Crippen LogP contribution in [0.1, 0.15) is 12.8 Å². The summed E-state index contributed by atoms with van der Waals surface area (Å²) in [5, 5.41) is 7.32. The third-order valence-electron chi connectivity index (χ3n) is 0.827. The van der Waals surface area contributed by atoms with Crippen molar-refractivity contribution in [2.24, 2.45) is 0 Å². The molecule has 0 atom stereocenters. The van der Waals surface area contributed by atoms with Crippen LogP contribution >= 0.6 is 0 Å². The summed E-state index contributed by atoms with van der Waals surface area (Å²) in [6, 6.07) is 0. The fourth-order valence-electron chi connectivity index (χ4n) is 0.510. The second-order valence-corrected chi connectivity index (χ2v) is 1.54. The zero-order chi connectivity index (χ0) is 6.24. The molecule has 0 bridgehead atoms. The number of hydrogen-bond donors (Lipinski definition) is 0. The van der Waals surface area contributed by atoms with Gasteiger partial charge >= 0.3 is 29.6 Å². The Hall–Kier alpha value is 0.515. The topological polar surface area (TPSA) is 33.0 Å². The normalized spacial score (nSPS) is 14.1. The first-order chi connectivity index (χ1) is 3.91. The average molecular weight is 135 g/mol. The molecule has 1 heterocycles. The molecule has 1 aliphatic heterocycles. The van der Waals surface area contributed by atoms with E-state index in [1.807, 2.05) is 0 Å². The Morgan fingerprint density at radius 3 is 1.78 bits per heavy atom. The van der Waals surface area contributed by atoms with Crippen LogP contribution in [-0.4, -0.2) is 50.6 Å². The molecule has 9 heavy (non-hydrogen) atoms. The van der Waals surface area contributed by atoms with Gasteiger partial charge in [0.05, 0.1) is 0 Å². The summed E-state index contributed by atoms with van der Waals surface area (Å²) in [7, 11) is 1.43. The molecule has 0 aliphatic carbocycles. The molecule has 1 saturated heterocycles. The third kappa shape index (κ3) is 11.9. The maximum absolute atomic E-state index is 7.32. The number of nitrogens with zero attached hydrogens (tertiary/aromatic N) is 1. The van der Waals surface area contributed by atoms with E-state index in [4.69, 9.17) is 10.00 Å². The average Bonchev–Trinajstić information content (AvgIpc) is 2.17. The van der Waals surface area contributed by atoms with Gasteiger partial charge in [-0.2, -0.15) is 0 Å². The molecule has 0 amide bonds. The van der Waals surface area contributed by atoms with Crippen LogP contribution in [0.25, 0.3) is 0 Å². The zero-order valence-corrected chi connectivity index (χ0v) is 5.18. The van der Waals surface area contributed by atoms with E-state index in [-0.39, 0.29) is 29.6 Å². The third-order valence-corrected chi connectivity index (χ3v) is 0.827. The van der Waals surface area contributed by atoms with Gasteiger partial charge in [0, 0.05) is 13.2 Å². The van der Waals surface area contributed by atoms with Crippen LogP contribution in [0.15, 0.2) is 0 Å². The molecule has 0 aromatic rings. The van der Waals surface area contributed by atoms with Gasteiger partial charge in [-0.1, -0.05) is 0 Å². The molecule has 0 unspecified atom stereocenters. The van der Waals surface area contributed by atoms with Crippen LogP contribution in [0.3, 0.4) is 0 Å². The van der Waals surface area contributed by atoms with Crippen molar-refractivity contribution in [3.8, 4) is 5.97 Å². The first kappa shape index (κ1) is 12.2. The second-order valence-electron chi connectivity index (χ2n) is 1.54. The Morgan fingerprint density at radius 2 is 1.67 bits per heavy atom. The summed E-state index contributed by atoms with van der Waals surface area (Å²) in [4.78, 5) is 0. The van der Waals surface area contributed by atoms with E-state index in [2.05, 4.69) is 0 Å². The van der Waals surface area contributed by atoms with Gasteiger partial charge < -0.3 is 4.74 Å². The van der Waals surface area contributed by atoms with Gasteiger partial charge in [0.25, 0.3) is 0 Å². The van der Waals surface area contributed by atoms with Crippen molar-refractivity contribution >= 4 is 37.4 Å². The molecule has 0 saturated carbocycles. The SMILES string of the molecule is BC#N.C1CCOC1.[NaH]. The molecule has 1 rings (SSSR count). The first-order valence-electron chi connectivity index (χ1n) is 2.80. The molecular formula is C5H11BNNaO. The van der Waals surface area contributed by atoms with Crippen LogP contribution in [0, 0.1) is 11.2 Å². The van der Waals surface area contributed by atoms with Gasteiger partial charge in [-0.3, -0.25) is 0 Å². The molecule has 0 radical (unpaired) electrons. The van der Waals surface area contributed by atoms with Gasteiger partial charge in [0.15, 0.2) is 0 Å². The molecule has 0 spiro atoms. The number of hydrogen-bond acceptors (Lipinski definition) is 2. The summed E-state index contributed by atoms with van der Waals surface area (Å²) in [6.07, 6.45) is 2.56.